The standard InChI is InChI=1S/C11H13BrO2S/c1-7-6-9(15-11(7)12)10(13)8-2-4-14-5-3-8/h6,8H,2-5H2,1H3. The maximum Gasteiger partial charge on any atom is 0.176 e. The van der Waals surface area contributed by atoms with Crippen molar-refractivity contribution in [1.29, 1.82) is 0 Å². The number of aryl methyl sites for hydroxylation is 1. The molecule has 0 aromatic carbocycles. The molecule has 1 aliphatic rings. The molecule has 2 nitrogen and oxygen atoms in total. The van der Waals surface area contributed by atoms with Gasteiger partial charge in [-0.25, -0.2) is 0 Å². The first-order chi connectivity index (χ1) is 7.18. The second-order valence-electron chi connectivity index (χ2n) is 3.82. The van der Waals surface area contributed by atoms with Gasteiger partial charge in [0.15, 0.2) is 5.78 Å². The minimum atomic E-state index is 0.170. The van der Waals surface area contributed by atoms with Crippen molar-refractivity contribution in [3.8, 4) is 0 Å². The number of carbonyl (C=O) groups excluding carboxylic acids is 1. The number of thiophene rings is 1. The molecule has 0 spiro atoms. The lowest BCUT2D eigenvalue weighted by atomic mass is 9.94. The number of hydrogen-bond acceptors (Lipinski definition) is 3. The number of rotatable bonds is 2. The largest absolute Gasteiger partial charge is 0.381 e. The van der Waals surface area contributed by atoms with Gasteiger partial charge in [0.1, 0.15) is 0 Å². The Hall–Kier alpha value is -0.190. The Morgan fingerprint density at radius 2 is 2.20 bits per heavy atom. The third kappa shape index (κ3) is 2.49. The van der Waals surface area contributed by atoms with E-state index in [1.54, 1.807) is 11.3 Å². The molecule has 2 heterocycles. The Kier molecular flexibility index (Phi) is 3.59. The maximum atomic E-state index is 12.1. The SMILES string of the molecule is Cc1cc(C(=O)C2CCOCC2)sc1Br. The van der Waals surface area contributed by atoms with Crippen LogP contribution < -0.4 is 0 Å². The van der Waals surface area contributed by atoms with Crippen LogP contribution in [0.3, 0.4) is 0 Å². The molecule has 1 aliphatic heterocycles. The van der Waals surface area contributed by atoms with Crippen LogP contribution >= 0.6 is 27.3 Å². The lowest BCUT2D eigenvalue weighted by molar-refractivity contribution is 0.0547. The number of halogens is 1. The summed E-state index contributed by atoms with van der Waals surface area (Å²) >= 11 is 4.99. The highest BCUT2D eigenvalue weighted by Crippen LogP contribution is 2.30. The van der Waals surface area contributed by atoms with E-state index in [4.69, 9.17) is 4.74 Å². The molecular weight excluding hydrogens is 276 g/mol. The summed E-state index contributed by atoms with van der Waals surface area (Å²) in [6.07, 6.45) is 1.74. The molecule has 1 fully saturated rings. The molecular formula is C11H13BrO2S. The van der Waals surface area contributed by atoms with Gasteiger partial charge in [-0.2, -0.15) is 0 Å². The second kappa shape index (κ2) is 4.76. The molecule has 2 rings (SSSR count). The Morgan fingerprint density at radius 3 is 2.73 bits per heavy atom. The lowest BCUT2D eigenvalue weighted by Crippen LogP contribution is -2.22. The van der Waals surface area contributed by atoms with Crippen molar-refractivity contribution >= 4 is 33.0 Å². The minimum absolute atomic E-state index is 0.170. The quantitative estimate of drug-likeness (QED) is 0.780. The highest BCUT2D eigenvalue weighted by molar-refractivity contribution is 9.11. The van der Waals surface area contributed by atoms with Gasteiger partial charge in [-0.15, -0.1) is 11.3 Å². The lowest BCUT2D eigenvalue weighted by Gasteiger charge is -2.19. The molecule has 0 aliphatic carbocycles. The molecule has 82 valence electrons. The van der Waals surface area contributed by atoms with Crippen molar-refractivity contribution in [3.05, 3.63) is 20.3 Å². The monoisotopic (exact) mass is 288 g/mol. The number of carbonyl (C=O) groups is 1. The molecule has 0 saturated carbocycles. The molecule has 1 saturated heterocycles. The molecule has 0 bridgehead atoms. The third-order valence-electron chi connectivity index (χ3n) is 2.69. The smallest absolute Gasteiger partial charge is 0.176 e. The fourth-order valence-corrected chi connectivity index (χ4v) is 3.30. The Morgan fingerprint density at radius 1 is 1.53 bits per heavy atom. The van der Waals surface area contributed by atoms with Crippen LogP contribution in [0.25, 0.3) is 0 Å². The van der Waals surface area contributed by atoms with Crippen molar-refractivity contribution in [2.45, 2.75) is 19.8 Å². The van der Waals surface area contributed by atoms with E-state index < -0.39 is 0 Å². The van der Waals surface area contributed by atoms with Crippen LogP contribution in [0, 0.1) is 12.8 Å². The fraction of sp³-hybridized carbons (Fsp3) is 0.545. The summed E-state index contributed by atoms with van der Waals surface area (Å²) < 4.78 is 6.32. The van der Waals surface area contributed by atoms with E-state index in [1.165, 1.54) is 0 Å². The molecule has 15 heavy (non-hydrogen) atoms. The highest BCUT2D eigenvalue weighted by atomic mass is 79.9. The molecule has 1 aromatic rings. The van der Waals surface area contributed by atoms with Gasteiger partial charge in [-0.3, -0.25) is 4.79 Å². The van der Waals surface area contributed by atoms with Gasteiger partial charge in [0.05, 0.1) is 8.66 Å². The predicted molar refractivity (Wildman–Crippen MR) is 64.6 cm³/mol. The van der Waals surface area contributed by atoms with Crippen LogP contribution in [0.15, 0.2) is 9.85 Å². The van der Waals surface area contributed by atoms with Crippen molar-refractivity contribution in [3.63, 3.8) is 0 Å². The van der Waals surface area contributed by atoms with E-state index in [1.807, 2.05) is 13.0 Å². The van der Waals surface area contributed by atoms with Crippen LogP contribution in [-0.2, 0) is 4.74 Å². The first kappa shape index (κ1) is 11.3. The first-order valence-electron chi connectivity index (χ1n) is 5.06. The van der Waals surface area contributed by atoms with Crippen molar-refractivity contribution in [2.24, 2.45) is 5.92 Å². The van der Waals surface area contributed by atoms with E-state index in [0.717, 1.165) is 40.3 Å². The molecule has 0 N–H and O–H groups in total. The van der Waals surface area contributed by atoms with Gasteiger partial charge < -0.3 is 4.74 Å². The van der Waals surface area contributed by atoms with Gasteiger partial charge in [-0.1, -0.05) is 0 Å². The van der Waals surface area contributed by atoms with Crippen molar-refractivity contribution < 1.29 is 9.53 Å². The summed E-state index contributed by atoms with van der Waals surface area (Å²) in [5.74, 6) is 0.459. The molecule has 0 atom stereocenters. The topological polar surface area (TPSA) is 26.3 Å². The summed E-state index contributed by atoms with van der Waals surface area (Å²) in [7, 11) is 0. The average molecular weight is 289 g/mol. The normalized spacial score (nSPS) is 18.0. The average Bonchev–Trinajstić information content (AvgIpc) is 2.59. The second-order valence-corrected chi connectivity index (χ2v) is 6.19. The van der Waals surface area contributed by atoms with Gasteiger partial charge in [-0.05, 0) is 47.3 Å². The zero-order valence-electron chi connectivity index (χ0n) is 8.59. The molecule has 0 unspecified atom stereocenters. The van der Waals surface area contributed by atoms with Gasteiger partial charge >= 0.3 is 0 Å². The summed E-state index contributed by atoms with van der Waals surface area (Å²) in [4.78, 5) is 13.0. The van der Waals surface area contributed by atoms with Gasteiger partial charge in [0.25, 0.3) is 0 Å². The summed E-state index contributed by atoms with van der Waals surface area (Å²) in [6, 6.07) is 1.98. The molecule has 4 heteroatoms. The van der Waals surface area contributed by atoms with Gasteiger partial charge in [0, 0.05) is 19.1 Å². The predicted octanol–water partition coefficient (Wildman–Crippen LogP) is 3.43. The van der Waals surface area contributed by atoms with Crippen LogP contribution in [0.1, 0.15) is 28.1 Å². The first-order valence-corrected chi connectivity index (χ1v) is 6.67. The Labute approximate surface area is 102 Å². The molecule has 1 aromatic heterocycles. The van der Waals surface area contributed by atoms with Crippen molar-refractivity contribution in [2.75, 3.05) is 13.2 Å². The number of ketones is 1. The zero-order valence-corrected chi connectivity index (χ0v) is 11.0. The van der Waals surface area contributed by atoms with Crippen LogP contribution in [0.4, 0.5) is 0 Å². The molecule has 0 amide bonds. The zero-order chi connectivity index (χ0) is 10.8. The maximum absolute atomic E-state index is 12.1. The van der Waals surface area contributed by atoms with Crippen LogP contribution in [0.5, 0.6) is 0 Å². The summed E-state index contributed by atoms with van der Waals surface area (Å²) in [5.41, 5.74) is 1.15. The third-order valence-corrected chi connectivity index (χ3v) is 4.84. The fourth-order valence-electron chi connectivity index (χ4n) is 1.74. The highest BCUT2D eigenvalue weighted by Gasteiger charge is 2.24. The summed E-state index contributed by atoms with van der Waals surface area (Å²) in [6.45, 7) is 3.46. The minimum Gasteiger partial charge on any atom is -0.381 e. The Balaban J connectivity index is 2.12. The molecule has 0 radical (unpaired) electrons. The summed E-state index contributed by atoms with van der Waals surface area (Å²) in [5, 5.41) is 0. The van der Waals surface area contributed by atoms with Crippen molar-refractivity contribution in [1.82, 2.24) is 0 Å². The van der Waals surface area contributed by atoms with Gasteiger partial charge in [0.2, 0.25) is 0 Å². The number of hydrogen-bond donors (Lipinski definition) is 0. The van der Waals surface area contributed by atoms with Crippen LogP contribution in [0.2, 0.25) is 0 Å². The van der Waals surface area contributed by atoms with E-state index in [2.05, 4.69) is 15.9 Å². The Bertz CT molecular complexity index is 347. The number of ether oxygens (including phenoxy) is 1. The van der Waals surface area contributed by atoms with Crippen LogP contribution in [-0.4, -0.2) is 19.0 Å². The van der Waals surface area contributed by atoms with E-state index in [-0.39, 0.29) is 11.7 Å². The van der Waals surface area contributed by atoms with E-state index in [0.29, 0.717) is 0 Å². The van der Waals surface area contributed by atoms with E-state index >= 15 is 0 Å². The number of Topliss-reactive ketones (excluding diaryl/α,β-unsaturated/α-hetero) is 1. The van der Waals surface area contributed by atoms with E-state index in [9.17, 15) is 4.79 Å².